The fourth-order valence-corrected chi connectivity index (χ4v) is 2.57. The third-order valence-corrected chi connectivity index (χ3v) is 3.70. The standard InChI is InChI=1S/C16H13Cl2NO/c1-20-16-5-3-2-4-14(16)12(10-19)8-11-6-7-13(17)9-15(11)18/h2-7,9,12H,8H2,1H3. The summed E-state index contributed by atoms with van der Waals surface area (Å²) in [6, 6.07) is 15.2. The van der Waals surface area contributed by atoms with Gasteiger partial charge in [-0.25, -0.2) is 0 Å². The Morgan fingerprint density at radius 1 is 1.20 bits per heavy atom. The maximum absolute atomic E-state index is 9.43. The molecule has 0 saturated heterocycles. The number of benzene rings is 2. The highest BCUT2D eigenvalue weighted by atomic mass is 35.5. The monoisotopic (exact) mass is 305 g/mol. The van der Waals surface area contributed by atoms with Crippen LogP contribution in [0.15, 0.2) is 42.5 Å². The van der Waals surface area contributed by atoms with Crippen LogP contribution in [0.5, 0.6) is 5.75 Å². The van der Waals surface area contributed by atoms with Crippen molar-refractivity contribution < 1.29 is 4.74 Å². The average Bonchev–Trinajstić information content (AvgIpc) is 2.46. The van der Waals surface area contributed by atoms with Gasteiger partial charge in [-0.15, -0.1) is 0 Å². The number of hydrogen-bond donors (Lipinski definition) is 0. The van der Waals surface area contributed by atoms with Crippen molar-refractivity contribution >= 4 is 23.2 Å². The topological polar surface area (TPSA) is 33.0 Å². The maximum Gasteiger partial charge on any atom is 0.123 e. The first-order valence-electron chi connectivity index (χ1n) is 6.12. The molecule has 0 N–H and O–H groups in total. The fraction of sp³-hybridized carbons (Fsp3) is 0.188. The van der Waals surface area contributed by atoms with Gasteiger partial charge in [0.05, 0.1) is 19.1 Å². The summed E-state index contributed by atoms with van der Waals surface area (Å²) in [6.45, 7) is 0. The molecule has 1 unspecified atom stereocenters. The summed E-state index contributed by atoms with van der Waals surface area (Å²) in [4.78, 5) is 0. The van der Waals surface area contributed by atoms with E-state index in [0.717, 1.165) is 11.1 Å². The summed E-state index contributed by atoms with van der Waals surface area (Å²) in [5.41, 5.74) is 1.76. The molecular weight excluding hydrogens is 293 g/mol. The summed E-state index contributed by atoms with van der Waals surface area (Å²) in [5, 5.41) is 10.6. The molecule has 0 fully saturated rings. The quantitative estimate of drug-likeness (QED) is 0.808. The molecule has 0 aliphatic carbocycles. The molecule has 2 rings (SSSR count). The number of hydrogen-bond acceptors (Lipinski definition) is 2. The highest BCUT2D eigenvalue weighted by Gasteiger charge is 2.17. The summed E-state index contributed by atoms with van der Waals surface area (Å²) in [6.07, 6.45) is 0.521. The first kappa shape index (κ1) is 14.7. The molecule has 2 aromatic rings. The highest BCUT2D eigenvalue weighted by Crippen LogP contribution is 2.31. The van der Waals surface area contributed by atoms with Gasteiger partial charge in [0.1, 0.15) is 5.75 Å². The zero-order valence-electron chi connectivity index (χ0n) is 10.9. The van der Waals surface area contributed by atoms with Crippen LogP contribution in [0, 0.1) is 11.3 Å². The predicted molar refractivity (Wildman–Crippen MR) is 81.5 cm³/mol. The van der Waals surface area contributed by atoms with Gasteiger partial charge in [0, 0.05) is 15.6 Å². The Kier molecular flexibility index (Phi) is 4.89. The molecule has 0 amide bonds. The summed E-state index contributed by atoms with van der Waals surface area (Å²) in [5.74, 6) is 0.397. The Bertz CT molecular complexity index is 649. The normalized spacial score (nSPS) is 11.7. The Morgan fingerprint density at radius 2 is 1.95 bits per heavy atom. The van der Waals surface area contributed by atoms with Crippen molar-refractivity contribution in [3.05, 3.63) is 63.6 Å². The first-order chi connectivity index (χ1) is 9.65. The highest BCUT2D eigenvalue weighted by molar-refractivity contribution is 6.35. The van der Waals surface area contributed by atoms with Crippen LogP contribution in [0.25, 0.3) is 0 Å². The second-order valence-electron chi connectivity index (χ2n) is 4.36. The van der Waals surface area contributed by atoms with Crippen molar-refractivity contribution in [3.63, 3.8) is 0 Å². The van der Waals surface area contributed by atoms with Crippen LogP contribution in [-0.4, -0.2) is 7.11 Å². The van der Waals surface area contributed by atoms with Crippen molar-refractivity contribution in [1.29, 1.82) is 5.26 Å². The van der Waals surface area contributed by atoms with Crippen LogP contribution in [0.1, 0.15) is 17.0 Å². The van der Waals surface area contributed by atoms with Crippen molar-refractivity contribution in [2.24, 2.45) is 0 Å². The fourth-order valence-electron chi connectivity index (χ4n) is 2.09. The number of para-hydroxylation sites is 1. The zero-order chi connectivity index (χ0) is 14.5. The minimum Gasteiger partial charge on any atom is -0.496 e. The van der Waals surface area contributed by atoms with Crippen molar-refractivity contribution in [2.75, 3.05) is 7.11 Å². The molecule has 2 nitrogen and oxygen atoms in total. The molecule has 0 saturated carbocycles. The molecule has 4 heteroatoms. The molecule has 102 valence electrons. The molecule has 2 aromatic carbocycles. The summed E-state index contributed by atoms with van der Waals surface area (Å²) < 4.78 is 5.31. The minimum atomic E-state index is -0.315. The van der Waals surface area contributed by atoms with E-state index < -0.39 is 0 Å². The molecule has 0 radical (unpaired) electrons. The number of rotatable bonds is 4. The van der Waals surface area contributed by atoms with Crippen LogP contribution in [0.3, 0.4) is 0 Å². The van der Waals surface area contributed by atoms with Crippen LogP contribution >= 0.6 is 23.2 Å². The van der Waals surface area contributed by atoms with Crippen LogP contribution in [-0.2, 0) is 6.42 Å². The van der Waals surface area contributed by atoms with Gasteiger partial charge in [-0.1, -0.05) is 47.5 Å². The van der Waals surface area contributed by atoms with Crippen molar-refractivity contribution in [1.82, 2.24) is 0 Å². The van der Waals surface area contributed by atoms with Crippen molar-refractivity contribution in [3.8, 4) is 11.8 Å². The van der Waals surface area contributed by atoms with Crippen LogP contribution in [0.4, 0.5) is 0 Å². The molecule has 0 aromatic heterocycles. The largest absolute Gasteiger partial charge is 0.496 e. The average molecular weight is 306 g/mol. The van der Waals surface area contributed by atoms with Crippen LogP contribution in [0.2, 0.25) is 10.0 Å². The minimum absolute atomic E-state index is 0.315. The third kappa shape index (κ3) is 3.25. The number of nitrogens with zero attached hydrogens (tertiary/aromatic N) is 1. The van der Waals surface area contributed by atoms with E-state index in [4.69, 9.17) is 27.9 Å². The summed E-state index contributed by atoms with van der Waals surface area (Å²) >= 11 is 12.0. The summed E-state index contributed by atoms with van der Waals surface area (Å²) in [7, 11) is 1.60. The van der Waals surface area contributed by atoms with Gasteiger partial charge in [-0.2, -0.15) is 5.26 Å². The molecule has 20 heavy (non-hydrogen) atoms. The van der Waals surface area contributed by atoms with Gasteiger partial charge in [0.2, 0.25) is 0 Å². The Labute approximate surface area is 128 Å². The zero-order valence-corrected chi connectivity index (χ0v) is 12.4. The van der Waals surface area contributed by atoms with E-state index in [1.54, 1.807) is 19.2 Å². The Morgan fingerprint density at radius 3 is 2.60 bits per heavy atom. The molecule has 0 heterocycles. The van der Waals surface area contributed by atoms with Crippen molar-refractivity contribution in [2.45, 2.75) is 12.3 Å². The van der Waals surface area contributed by atoms with Gasteiger partial charge < -0.3 is 4.74 Å². The lowest BCUT2D eigenvalue weighted by Crippen LogP contribution is -2.03. The van der Waals surface area contributed by atoms with Gasteiger partial charge in [0.15, 0.2) is 0 Å². The molecule has 0 aliphatic rings. The Balaban J connectivity index is 2.32. The molecule has 0 spiro atoms. The first-order valence-corrected chi connectivity index (χ1v) is 6.87. The molecule has 1 atom stereocenters. The predicted octanol–water partition coefficient (Wildman–Crippen LogP) is 4.85. The Hall–Kier alpha value is -1.69. The maximum atomic E-state index is 9.43. The second kappa shape index (κ2) is 6.65. The van der Waals surface area contributed by atoms with Gasteiger partial charge in [-0.3, -0.25) is 0 Å². The van der Waals surface area contributed by atoms with E-state index in [1.165, 1.54) is 0 Å². The van der Waals surface area contributed by atoms with E-state index in [0.29, 0.717) is 22.2 Å². The third-order valence-electron chi connectivity index (χ3n) is 3.11. The number of ether oxygens (including phenoxy) is 1. The van der Waals surface area contributed by atoms with Gasteiger partial charge in [0.25, 0.3) is 0 Å². The molecule has 0 bridgehead atoms. The SMILES string of the molecule is COc1ccccc1C(C#N)Cc1ccc(Cl)cc1Cl. The van der Waals surface area contributed by atoms with Crippen LogP contribution < -0.4 is 4.74 Å². The lowest BCUT2D eigenvalue weighted by Gasteiger charge is -2.14. The second-order valence-corrected chi connectivity index (χ2v) is 5.21. The van der Waals surface area contributed by atoms with E-state index >= 15 is 0 Å². The number of methoxy groups -OCH3 is 1. The van der Waals surface area contributed by atoms with E-state index in [-0.39, 0.29) is 5.92 Å². The van der Waals surface area contributed by atoms with E-state index in [9.17, 15) is 5.26 Å². The van der Waals surface area contributed by atoms with Gasteiger partial charge >= 0.3 is 0 Å². The number of halogens is 2. The molecular formula is C16H13Cl2NO. The number of nitriles is 1. The van der Waals surface area contributed by atoms with Gasteiger partial charge in [-0.05, 0) is 30.2 Å². The lowest BCUT2D eigenvalue weighted by atomic mass is 9.92. The molecule has 0 aliphatic heterocycles. The lowest BCUT2D eigenvalue weighted by molar-refractivity contribution is 0.408. The van der Waals surface area contributed by atoms with E-state index in [2.05, 4.69) is 6.07 Å². The van der Waals surface area contributed by atoms with E-state index in [1.807, 2.05) is 30.3 Å². The smallest absolute Gasteiger partial charge is 0.123 e.